The van der Waals surface area contributed by atoms with Crippen LogP contribution >= 0.6 is 11.3 Å². The lowest BCUT2D eigenvalue weighted by Crippen LogP contribution is -2.13. The summed E-state index contributed by atoms with van der Waals surface area (Å²) in [6.45, 7) is 0. The van der Waals surface area contributed by atoms with E-state index in [0.29, 0.717) is 28.5 Å². The average Bonchev–Trinajstić information content (AvgIpc) is 3.55. The number of sulfonamides is 1. The van der Waals surface area contributed by atoms with Gasteiger partial charge in [-0.3, -0.25) is 9.52 Å². The first kappa shape index (κ1) is 20.0. The molecule has 0 radical (unpaired) electrons. The molecule has 0 aliphatic carbocycles. The highest BCUT2D eigenvalue weighted by molar-refractivity contribution is 7.94. The molecule has 0 saturated carbocycles. The number of hydrogen-bond acceptors (Lipinski definition) is 6. The number of furan rings is 1. The molecule has 0 atom stereocenters. The van der Waals surface area contributed by atoms with E-state index in [9.17, 15) is 13.2 Å². The maximum atomic E-state index is 12.6. The molecule has 0 aliphatic rings. The molecule has 0 bridgehead atoms. The summed E-state index contributed by atoms with van der Waals surface area (Å²) < 4.78 is 32.7. The van der Waals surface area contributed by atoms with Gasteiger partial charge in [-0.1, -0.05) is 6.07 Å². The van der Waals surface area contributed by atoms with Gasteiger partial charge >= 0.3 is 0 Å². The van der Waals surface area contributed by atoms with E-state index in [1.807, 2.05) is 6.07 Å². The Kier molecular flexibility index (Phi) is 5.00. The second-order valence-corrected chi connectivity index (χ2v) is 9.72. The zero-order chi connectivity index (χ0) is 22.1. The Morgan fingerprint density at radius 2 is 1.81 bits per heavy atom. The van der Waals surface area contributed by atoms with Gasteiger partial charge in [0.25, 0.3) is 15.9 Å². The number of carbonyl (C=O) groups is 1. The lowest BCUT2D eigenvalue weighted by atomic mass is 10.2. The van der Waals surface area contributed by atoms with Gasteiger partial charge in [-0.25, -0.2) is 13.4 Å². The number of amides is 1. The number of aromatic nitrogens is 2. The lowest BCUT2D eigenvalue weighted by Gasteiger charge is -2.08. The van der Waals surface area contributed by atoms with Crippen LogP contribution in [0.2, 0.25) is 0 Å². The lowest BCUT2D eigenvalue weighted by molar-refractivity contribution is 0.102. The number of aromatic amines is 1. The molecular formula is C22H16N4O4S2. The normalized spacial score (nSPS) is 11.5. The van der Waals surface area contributed by atoms with E-state index >= 15 is 0 Å². The van der Waals surface area contributed by atoms with Crippen molar-refractivity contribution in [3.8, 4) is 11.6 Å². The van der Waals surface area contributed by atoms with Gasteiger partial charge < -0.3 is 14.7 Å². The number of carbonyl (C=O) groups excluding carboxylic acids is 1. The van der Waals surface area contributed by atoms with E-state index < -0.39 is 10.0 Å². The average molecular weight is 465 g/mol. The van der Waals surface area contributed by atoms with Crippen LogP contribution in [0.1, 0.15) is 10.4 Å². The fourth-order valence-corrected chi connectivity index (χ4v) is 5.18. The first-order chi connectivity index (χ1) is 15.5. The summed E-state index contributed by atoms with van der Waals surface area (Å²) in [6, 6.07) is 18.4. The molecule has 3 heterocycles. The van der Waals surface area contributed by atoms with Gasteiger partial charge in [-0.05, 0) is 66.0 Å². The molecule has 2 aromatic carbocycles. The molecule has 0 unspecified atom stereocenters. The summed E-state index contributed by atoms with van der Waals surface area (Å²) in [6.07, 6.45) is 1.58. The van der Waals surface area contributed by atoms with E-state index in [-0.39, 0.29) is 10.1 Å². The Morgan fingerprint density at radius 3 is 2.53 bits per heavy atom. The predicted molar refractivity (Wildman–Crippen MR) is 123 cm³/mol. The zero-order valence-corrected chi connectivity index (χ0v) is 18.0. The molecule has 32 heavy (non-hydrogen) atoms. The van der Waals surface area contributed by atoms with Gasteiger partial charge in [-0.15, -0.1) is 11.3 Å². The van der Waals surface area contributed by atoms with Gasteiger partial charge in [0.05, 0.1) is 17.3 Å². The van der Waals surface area contributed by atoms with E-state index in [1.165, 1.54) is 6.07 Å². The number of fused-ring (bicyclic) bond motifs is 1. The van der Waals surface area contributed by atoms with E-state index in [2.05, 4.69) is 20.0 Å². The predicted octanol–water partition coefficient (Wildman–Crippen LogP) is 4.94. The van der Waals surface area contributed by atoms with Gasteiger partial charge in [0, 0.05) is 16.9 Å². The SMILES string of the molecule is O=C(Nc1ccc2nc(-c3ccco3)[nH]c2c1)c1ccc(NS(=O)(=O)c2cccs2)cc1. The third-order valence-corrected chi connectivity index (χ3v) is 7.43. The minimum absolute atomic E-state index is 0.226. The Bertz CT molecular complexity index is 1490. The Hall–Kier alpha value is -3.89. The van der Waals surface area contributed by atoms with Crippen molar-refractivity contribution < 1.29 is 17.6 Å². The second-order valence-electron chi connectivity index (χ2n) is 6.86. The number of nitrogens with zero attached hydrogens (tertiary/aromatic N) is 1. The molecule has 5 aromatic rings. The van der Waals surface area contributed by atoms with Gasteiger partial charge in [0.15, 0.2) is 11.6 Å². The summed E-state index contributed by atoms with van der Waals surface area (Å²) in [5.74, 6) is 0.915. The minimum atomic E-state index is -3.63. The quantitative estimate of drug-likeness (QED) is 0.329. The van der Waals surface area contributed by atoms with Crippen molar-refractivity contribution in [2.45, 2.75) is 4.21 Å². The van der Waals surface area contributed by atoms with Crippen LogP contribution in [-0.4, -0.2) is 24.3 Å². The topological polar surface area (TPSA) is 117 Å². The van der Waals surface area contributed by atoms with Crippen LogP contribution in [0.15, 0.2) is 87.0 Å². The molecule has 0 aliphatic heterocycles. The number of hydrogen-bond donors (Lipinski definition) is 3. The van der Waals surface area contributed by atoms with Crippen molar-refractivity contribution in [1.82, 2.24) is 9.97 Å². The van der Waals surface area contributed by atoms with Crippen molar-refractivity contribution in [2.75, 3.05) is 10.0 Å². The zero-order valence-electron chi connectivity index (χ0n) is 16.4. The van der Waals surface area contributed by atoms with Crippen molar-refractivity contribution in [2.24, 2.45) is 0 Å². The first-order valence-electron chi connectivity index (χ1n) is 9.49. The van der Waals surface area contributed by atoms with Gasteiger partial charge in [0.2, 0.25) is 0 Å². The second kappa shape index (κ2) is 7.98. The van der Waals surface area contributed by atoms with Gasteiger partial charge in [0.1, 0.15) is 4.21 Å². The van der Waals surface area contributed by atoms with Gasteiger partial charge in [-0.2, -0.15) is 0 Å². The molecule has 3 aromatic heterocycles. The van der Waals surface area contributed by atoms with Crippen molar-refractivity contribution in [1.29, 1.82) is 0 Å². The molecule has 0 spiro atoms. The summed E-state index contributed by atoms with van der Waals surface area (Å²) in [7, 11) is -3.63. The molecule has 1 amide bonds. The fourth-order valence-electron chi connectivity index (χ4n) is 3.13. The van der Waals surface area contributed by atoms with Crippen LogP contribution in [0.25, 0.3) is 22.6 Å². The molecule has 5 rings (SSSR count). The van der Waals surface area contributed by atoms with Crippen LogP contribution in [-0.2, 0) is 10.0 Å². The van der Waals surface area contributed by atoms with E-state index in [1.54, 1.807) is 66.2 Å². The molecule has 8 nitrogen and oxygen atoms in total. The molecule has 10 heteroatoms. The highest BCUT2D eigenvalue weighted by Gasteiger charge is 2.16. The number of benzene rings is 2. The number of thiophene rings is 1. The molecular weight excluding hydrogens is 448 g/mol. The van der Waals surface area contributed by atoms with Crippen LogP contribution in [0.4, 0.5) is 11.4 Å². The number of imidazole rings is 1. The van der Waals surface area contributed by atoms with Crippen molar-refractivity contribution >= 4 is 49.7 Å². The number of anilines is 2. The third-order valence-electron chi connectivity index (χ3n) is 4.65. The van der Waals surface area contributed by atoms with Crippen LogP contribution < -0.4 is 10.0 Å². The maximum Gasteiger partial charge on any atom is 0.271 e. The number of H-pyrrole nitrogens is 1. The smallest absolute Gasteiger partial charge is 0.271 e. The summed E-state index contributed by atoms with van der Waals surface area (Å²) in [5, 5.41) is 4.53. The fraction of sp³-hybridized carbons (Fsp3) is 0. The Balaban J connectivity index is 1.30. The molecule has 0 saturated heterocycles. The summed E-state index contributed by atoms with van der Waals surface area (Å²) in [5.41, 5.74) is 2.87. The van der Waals surface area contributed by atoms with E-state index in [0.717, 1.165) is 22.4 Å². The Labute approximate surface area is 187 Å². The van der Waals surface area contributed by atoms with Crippen LogP contribution in [0.5, 0.6) is 0 Å². The highest BCUT2D eigenvalue weighted by atomic mass is 32.2. The third kappa shape index (κ3) is 4.01. The van der Waals surface area contributed by atoms with Crippen molar-refractivity contribution in [3.05, 3.63) is 83.9 Å². The number of rotatable bonds is 6. The summed E-state index contributed by atoms with van der Waals surface area (Å²) >= 11 is 1.13. The highest BCUT2D eigenvalue weighted by Crippen LogP contribution is 2.24. The molecule has 160 valence electrons. The largest absolute Gasteiger partial charge is 0.461 e. The van der Waals surface area contributed by atoms with E-state index in [4.69, 9.17) is 4.42 Å². The molecule has 3 N–H and O–H groups in total. The van der Waals surface area contributed by atoms with Crippen LogP contribution in [0, 0.1) is 0 Å². The summed E-state index contributed by atoms with van der Waals surface area (Å²) in [4.78, 5) is 20.3. The first-order valence-corrected chi connectivity index (χ1v) is 11.9. The number of nitrogens with one attached hydrogen (secondary N) is 3. The maximum absolute atomic E-state index is 12.6. The minimum Gasteiger partial charge on any atom is -0.461 e. The monoisotopic (exact) mass is 464 g/mol. The van der Waals surface area contributed by atoms with Crippen LogP contribution in [0.3, 0.4) is 0 Å². The Morgan fingerprint density at radius 1 is 1.00 bits per heavy atom. The van der Waals surface area contributed by atoms with Crippen molar-refractivity contribution in [3.63, 3.8) is 0 Å². The standard InChI is InChI=1S/C22H16N4O4S2/c27-22(14-5-7-15(8-6-14)26-32(28,29)20-4-2-12-31-20)23-16-9-10-17-18(13-16)25-21(24-17)19-3-1-11-30-19/h1-13,26H,(H,23,27)(H,24,25). The molecule has 0 fully saturated rings.